The third-order valence-corrected chi connectivity index (χ3v) is 6.26. The van der Waals surface area contributed by atoms with E-state index in [9.17, 15) is 0 Å². The minimum Gasteiger partial charge on any atom is -0.448 e. The second-order valence-electron chi connectivity index (χ2n) is 8.51. The molecule has 0 amide bonds. The number of nitrogens with one attached hydrogen (secondary N) is 1. The monoisotopic (exact) mass is 414 g/mol. The molecule has 1 heterocycles. The largest absolute Gasteiger partial charge is 0.448 e. The van der Waals surface area contributed by atoms with Crippen molar-refractivity contribution in [1.82, 2.24) is 0 Å². The van der Waals surface area contributed by atoms with Crippen molar-refractivity contribution in [3.8, 4) is 0 Å². The summed E-state index contributed by atoms with van der Waals surface area (Å²) < 4.78 is 1.68. The molecule has 0 unspecified atom stereocenters. The third-order valence-electron chi connectivity index (χ3n) is 6.26. The van der Waals surface area contributed by atoms with Crippen LogP contribution in [-0.2, 0) is 25.7 Å². The van der Waals surface area contributed by atoms with Gasteiger partial charge in [0.2, 0.25) is 11.4 Å². The molecule has 0 saturated heterocycles. The van der Waals surface area contributed by atoms with Crippen molar-refractivity contribution in [2.24, 2.45) is 0 Å². The number of hydrogen-bond donors (Lipinski definition) is 0. The minimum absolute atomic E-state index is 0.989. The molecule has 0 aliphatic carbocycles. The number of unbranched alkanes of at least 4 members (excludes halogenated alkanes) is 2. The van der Waals surface area contributed by atoms with Crippen LogP contribution >= 0.6 is 0 Å². The summed E-state index contributed by atoms with van der Waals surface area (Å²) in [5, 5.41) is 0. The Morgan fingerprint density at radius 3 is 1.65 bits per heavy atom. The van der Waals surface area contributed by atoms with Crippen LogP contribution in [0, 0.1) is 0 Å². The Morgan fingerprint density at radius 2 is 1.19 bits per heavy atom. The number of benzene rings is 2. The standard InChI is InChI=1S/C29H38N2/c1-6-11-12-13-25-20-28(26-16-21(7-2)14-22(8-3)17-26)31(30)29(25)27-18-23(9-4)15-24(10-5)19-27/h13-20,30H,6-12H2,1-5H3. The quantitative estimate of drug-likeness (QED) is 0.295. The highest BCUT2D eigenvalue weighted by Crippen LogP contribution is 2.31. The molecule has 3 rings (SSSR count). The molecule has 0 spiro atoms. The van der Waals surface area contributed by atoms with Crippen LogP contribution in [0.2, 0.25) is 0 Å². The zero-order chi connectivity index (χ0) is 22.4. The van der Waals surface area contributed by atoms with Gasteiger partial charge in [-0.05, 0) is 78.6 Å². The van der Waals surface area contributed by atoms with Crippen molar-refractivity contribution in [2.45, 2.75) is 79.6 Å². The van der Waals surface area contributed by atoms with Crippen LogP contribution in [0.3, 0.4) is 0 Å². The van der Waals surface area contributed by atoms with Crippen molar-refractivity contribution >= 4 is 11.4 Å². The summed E-state index contributed by atoms with van der Waals surface area (Å²) in [6.45, 7) is 11.1. The first kappa shape index (κ1) is 23.1. The highest BCUT2D eigenvalue weighted by molar-refractivity contribution is 6.15. The van der Waals surface area contributed by atoms with Gasteiger partial charge in [-0.15, -0.1) is 0 Å². The molecule has 0 saturated carbocycles. The second kappa shape index (κ2) is 10.6. The molecule has 0 bridgehead atoms. The fraction of sp³-hybridized carbons (Fsp3) is 0.414. The number of allylic oxidation sites excluding steroid dienone is 3. The van der Waals surface area contributed by atoms with E-state index in [-0.39, 0.29) is 0 Å². The Labute approximate surface area is 189 Å². The van der Waals surface area contributed by atoms with Crippen LogP contribution < -0.4 is 0 Å². The zero-order valence-electron chi connectivity index (χ0n) is 20.0. The fourth-order valence-electron chi connectivity index (χ4n) is 4.28. The summed E-state index contributed by atoms with van der Waals surface area (Å²) in [6.07, 6.45) is 12.0. The van der Waals surface area contributed by atoms with Crippen LogP contribution in [-0.4, -0.2) is 10.4 Å². The van der Waals surface area contributed by atoms with Gasteiger partial charge in [0, 0.05) is 22.8 Å². The number of rotatable bonds is 9. The van der Waals surface area contributed by atoms with Gasteiger partial charge in [-0.3, -0.25) is 0 Å². The van der Waals surface area contributed by atoms with E-state index in [1.54, 1.807) is 4.68 Å². The molecule has 1 aliphatic rings. The molecular weight excluding hydrogens is 376 g/mol. The smallest absolute Gasteiger partial charge is 0.215 e. The average molecular weight is 415 g/mol. The van der Waals surface area contributed by atoms with Crippen LogP contribution in [0.4, 0.5) is 0 Å². The Morgan fingerprint density at radius 1 is 0.710 bits per heavy atom. The molecule has 2 nitrogen and oxygen atoms in total. The van der Waals surface area contributed by atoms with Crippen molar-refractivity contribution in [1.29, 1.82) is 0 Å². The molecule has 1 N–H and O–H groups in total. The molecule has 0 fully saturated rings. The van der Waals surface area contributed by atoms with E-state index < -0.39 is 0 Å². The van der Waals surface area contributed by atoms with Gasteiger partial charge in [0.15, 0.2) is 0 Å². The normalized spacial score (nSPS) is 15.1. The van der Waals surface area contributed by atoms with Gasteiger partial charge >= 0.3 is 0 Å². The van der Waals surface area contributed by atoms with E-state index in [1.165, 1.54) is 46.2 Å². The molecule has 2 heteroatoms. The predicted octanol–water partition coefficient (Wildman–Crippen LogP) is 7.88. The van der Waals surface area contributed by atoms with Gasteiger partial charge in [-0.1, -0.05) is 65.7 Å². The zero-order valence-corrected chi connectivity index (χ0v) is 20.0. The lowest BCUT2D eigenvalue weighted by atomic mass is 9.95. The SMILES string of the molecule is CCCCC=C1C=C(c2cc(CC)cc(CC)c2)[N+]([NH-])=C1c1cc(CC)cc(CC)c1. The predicted molar refractivity (Wildman–Crippen MR) is 135 cm³/mol. The maximum Gasteiger partial charge on any atom is 0.215 e. The van der Waals surface area contributed by atoms with E-state index in [0.717, 1.165) is 49.1 Å². The first-order chi connectivity index (χ1) is 15.0. The number of nitrogens with zero attached hydrogens (tertiary/aromatic N) is 1. The summed E-state index contributed by atoms with van der Waals surface area (Å²) in [5.41, 5.74) is 10.9. The maximum atomic E-state index is 9.13. The van der Waals surface area contributed by atoms with Crippen molar-refractivity contribution in [3.63, 3.8) is 0 Å². The lowest BCUT2D eigenvalue weighted by Crippen LogP contribution is -2.12. The molecule has 2 aromatic rings. The van der Waals surface area contributed by atoms with E-state index in [0.29, 0.717) is 0 Å². The Kier molecular flexibility index (Phi) is 7.90. The Balaban J connectivity index is 2.17. The summed E-state index contributed by atoms with van der Waals surface area (Å²) in [7, 11) is 0. The van der Waals surface area contributed by atoms with Crippen molar-refractivity contribution in [3.05, 3.63) is 93.3 Å². The Hall–Kier alpha value is -2.61. The lowest BCUT2D eigenvalue weighted by Gasteiger charge is -2.12. The van der Waals surface area contributed by atoms with Crippen molar-refractivity contribution in [2.75, 3.05) is 0 Å². The lowest BCUT2D eigenvalue weighted by molar-refractivity contribution is -0.347. The number of hydrogen-bond acceptors (Lipinski definition) is 0. The maximum absolute atomic E-state index is 9.13. The number of aryl methyl sites for hydroxylation is 4. The van der Waals surface area contributed by atoms with Gasteiger partial charge in [-0.2, -0.15) is 0 Å². The first-order valence-electron chi connectivity index (χ1n) is 12.1. The van der Waals surface area contributed by atoms with Crippen LogP contribution in [0.5, 0.6) is 0 Å². The summed E-state index contributed by atoms with van der Waals surface area (Å²) in [6, 6.07) is 13.7. The third kappa shape index (κ3) is 5.18. The molecular formula is C29H38N2. The van der Waals surface area contributed by atoms with Gasteiger partial charge in [-0.25, -0.2) is 4.68 Å². The second-order valence-corrected chi connectivity index (χ2v) is 8.51. The molecule has 0 atom stereocenters. The van der Waals surface area contributed by atoms with Gasteiger partial charge in [0.05, 0.1) is 0 Å². The van der Waals surface area contributed by atoms with Gasteiger partial charge < -0.3 is 5.84 Å². The summed E-state index contributed by atoms with van der Waals surface area (Å²) >= 11 is 0. The molecule has 2 aromatic carbocycles. The van der Waals surface area contributed by atoms with Crippen LogP contribution in [0.25, 0.3) is 11.5 Å². The van der Waals surface area contributed by atoms with E-state index in [2.05, 4.69) is 83.2 Å². The molecule has 0 radical (unpaired) electrons. The van der Waals surface area contributed by atoms with E-state index in [1.807, 2.05) is 0 Å². The Bertz CT molecular complexity index is 977. The average Bonchev–Trinajstić information content (AvgIpc) is 3.14. The topological polar surface area (TPSA) is 26.8 Å². The fourth-order valence-corrected chi connectivity index (χ4v) is 4.28. The van der Waals surface area contributed by atoms with Crippen molar-refractivity contribution < 1.29 is 4.68 Å². The van der Waals surface area contributed by atoms with Gasteiger partial charge in [0.1, 0.15) is 0 Å². The minimum atomic E-state index is 0.989. The highest BCUT2D eigenvalue weighted by atomic mass is 15.3. The molecule has 31 heavy (non-hydrogen) atoms. The summed E-state index contributed by atoms with van der Waals surface area (Å²) in [4.78, 5) is 0. The van der Waals surface area contributed by atoms with Gasteiger partial charge in [0.25, 0.3) is 0 Å². The molecule has 1 aliphatic heterocycles. The molecule has 0 aromatic heterocycles. The first-order valence-corrected chi connectivity index (χ1v) is 12.1. The van der Waals surface area contributed by atoms with Crippen LogP contribution in [0.15, 0.2) is 54.1 Å². The van der Waals surface area contributed by atoms with E-state index in [4.69, 9.17) is 5.84 Å². The molecule has 164 valence electrons. The summed E-state index contributed by atoms with van der Waals surface area (Å²) in [5.74, 6) is 9.13. The highest BCUT2D eigenvalue weighted by Gasteiger charge is 2.28. The van der Waals surface area contributed by atoms with Crippen LogP contribution in [0.1, 0.15) is 87.3 Å². The van der Waals surface area contributed by atoms with E-state index >= 15 is 0 Å².